The number of halogens is 1. The van der Waals surface area contributed by atoms with Crippen LogP contribution in [0, 0.1) is 0 Å². The first-order valence-electron chi connectivity index (χ1n) is 5.45. The predicted molar refractivity (Wildman–Crippen MR) is 63.4 cm³/mol. The highest BCUT2D eigenvalue weighted by Gasteiger charge is 2.25. The average Bonchev–Trinajstić information content (AvgIpc) is 2.36. The summed E-state index contributed by atoms with van der Waals surface area (Å²) < 4.78 is 10.1. The summed E-state index contributed by atoms with van der Waals surface area (Å²) in [7, 11) is 3.04. The zero-order valence-corrected chi connectivity index (χ0v) is 10.6. The summed E-state index contributed by atoms with van der Waals surface area (Å²) in [5.41, 5.74) is 2.29. The second-order valence-corrected chi connectivity index (χ2v) is 4.40. The van der Waals surface area contributed by atoms with Crippen LogP contribution in [0.5, 0.6) is 0 Å². The van der Waals surface area contributed by atoms with Crippen LogP contribution in [0.2, 0.25) is 5.15 Å². The Hall–Kier alpha value is -1.13. The largest absolute Gasteiger partial charge is 0.465 e. The van der Waals surface area contributed by atoms with E-state index in [1.165, 1.54) is 7.11 Å². The third-order valence-corrected chi connectivity index (χ3v) is 3.25. The molecule has 0 spiro atoms. The maximum Gasteiger partial charge on any atom is 0.338 e. The van der Waals surface area contributed by atoms with Crippen LogP contribution in [0.4, 0.5) is 0 Å². The van der Waals surface area contributed by atoms with Gasteiger partial charge in [-0.05, 0) is 24.5 Å². The number of nitrogens with zero attached hydrogens (tertiary/aromatic N) is 1. The fraction of sp³-hybridized carbons (Fsp3) is 0.500. The van der Waals surface area contributed by atoms with Gasteiger partial charge in [-0.25, -0.2) is 9.78 Å². The van der Waals surface area contributed by atoms with Crippen molar-refractivity contribution in [2.45, 2.75) is 25.4 Å². The van der Waals surface area contributed by atoms with Crippen molar-refractivity contribution in [3.05, 3.63) is 28.0 Å². The molecule has 1 aromatic heterocycles. The molecule has 0 bridgehead atoms. The van der Waals surface area contributed by atoms with Crippen LogP contribution in [0.1, 0.15) is 28.0 Å². The SMILES string of the molecule is COC(=O)c1cc(Cl)nc2c1CC(OC)CC2. The smallest absolute Gasteiger partial charge is 0.338 e. The Morgan fingerprint density at radius 1 is 1.53 bits per heavy atom. The number of hydrogen-bond acceptors (Lipinski definition) is 4. The Labute approximate surface area is 105 Å². The van der Waals surface area contributed by atoms with Crippen LogP contribution in [0.3, 0.4) is 0 Å². The number of aryl methyl sites for hydroxylation is 1. The molecule has 1 aliphatic rings. The van der Waals surface area contributed by atoms with Gasteiger partial charge in [-0.15, -0.1) is 0 Å². The molecule has 0 N–H and O–H groups in total. The van der Waals surface area contributed by atoms with E-state index in [4.69, 9.17) is 21.1 Å². The molecule has 17 heavy (non-hydrogen) atoms. The van der Waals surface area contributed by atoms with Crippen LogP contribution in [-0.2, 0) is 22.3 Å². The van der Waals surface area contributed by atoms with Gasteiger partial charge in [-0.3, -0.25) is 0 Å². The van der Waals surface area contributed by atoms with E-state index in [0.717, 1.165) is 24.1 Å². The van der Waals surface area contributed by atoms with E-state index < -0.39 is 0 Å². The normalized spacial score (nSPS) is 18.6. The molecule has 0 amide bonds. The lowest BCUT2D eigenvalue weighted by Crippen LogP contribution is -2.24. The zero-order chi connectivity index (χ0) is 12.4. The number of fused-ring (bicyclic) bond motifs is 1. The molecule has 2 rings (SSSR count). The molecule has 1 unspecified atom stereocenters. The summed E-state index contributed by atoms with van der Waals surface area (Å²) in [4.78, 5) is 15.9. The van der Waals surface area contributed by atoms with Crippen LogP contribution < -0.4 is 0 Å². The van der Waals surface area contributed by atoms with Crippen molar-refractivity contribution in [3.8, 4) is 0 Å². The van der Waals surface area contributed by atoms with Gasteiger partial charge in [-0.2, -0.15) is 0 Å². The standard InChI is InChI=1S/C12H14ClNO3/c1-16-7-3-4-10-8(5-7)9(12(15)17-2)6-11(13)14-10/h6-7H,3-5H2,1-2H3. The van der Waals surface area contributed by atoms with E-state index >= 15 is 0 Å². The van der Waals surface area contributed by atoms with Crippen LogP contribution in [0.15, 0.2) is 6.07 Å². The summed E-state index contributed by atoms with van der Waals surface area (Å²) in [5, 5.41) is 0.333. The number of esters is 1. The Morgan fingerprint density at radius 2 is 2.29 bits per heavy atom. The Balaban J connectivity index is 2.45. The van der Waals surface area contributed by atoms with Gasteiger partial charge >= 0.3 is 5.97 Å². The summed E-state index contributed by atoms with van der Waals surface area (Å²) >= 11 is 5.90. The fourth-order valence-electron chi connectivity index (χ4n) is 2.15. The second-order valence-electron chi connectivity index (χ2n) is 4.01. The Morgan fingerprint density at radius 3 is 2.94 bits per heavy atom. The molecule has 0 fully saturated rings. The Kier molecular flexibility index (Phi) is 3.64. The average molecular weight is 256 g/mol. The fourth-order valence-corrected chi connectivity index (χ4v) is 2.36. The first kappa shape index (κ1) is 12.3. The van der Waals surface area contributed by atoms with Crippen molar-refractivity contribution in [3.63, 3.8) is 0 Å². The number of pyridine rings is 1. The lowest BCUT2D eigenvalue weighted by Gasteiger charge is -2.24. The first-order valence-corrected chi connectivity index (χ1v) is 5.83. The molecule has 0 saturated heterocycles. The topological polar surface area (TPSA) is 48.4 Å². The summed E-state index contributed by atoms with van der Waals surface area (Å²) in [6, 6.07) is 1.56. The minimum absolute atomic E-state index is 0.133. The van der Waals surface area contributed by atoms with E-state index in [1.54, 1.807) is 13.2 Å². The van der Waals surface area contributed by atoms with Gasteiger partial charge < -0.3 is 9.47 Å². The third kappa shape index (κ3) is 2.42. The number of carbonyl (C=O) groups excluding carboxylic acids is 1. The second kappa shape index (κ2) is 5.02. The monoisotopic (exact) mass is 255 g/mol. The van der Waals surface area contributed by atoms with Crippen molar-refractivity contribution >= 4 is 17.6 Å². The zero-order valence-electron chi connectivity index (χ0n) is 9.83. The Bertz CT molecular complexity index is 448. The van der Waals surface area contributed by atoms with Crippen molar-refractivity contribution in [1.82, 2.24) is 4.98 Å². The minimum atomic E-state index is -0.373. The van der Waals surface area contributed by atoms with Crippen molar-refractivity contribution in [1.29, 1.82) is 0 Å². The number of hydrogen-bond donors (Lipinski definition) is 0. The van der Waals surface area contributed by atoms with Gasteiger partial charge in [0.15, 0.2) is 0 Å². The molecule has 0 aromatic carbocycles. The predicted octanol–water partition coefficient (Wildman–Crippen LogP) is 2.03. The van der Waals surface area contributed by atoms with Gasteiger partial charge in [0.25, 0.3) is 0 Å². The molecule has 1 aromatic rings. The number of methoxy groups -OCH3 is 2. The summed E-state index contributed by atoms with van der Waals surface area (Å²) in [6.45, 7) is 0. The van der Waals surface area contributed by atoms with E-state index in [-0.39, 0.29) is 12.1 Å². The van der Waals surface area contributed by atoms with Crippen molar-refractivity contribution < 1.29 is 14.3 Å². The van der Waals surface area contributed by atoms with E-state index in [1.807, 2.05) is 0 Å². The highest BCUT2D eigenvalue weighted by molar-refractivity contribution is 6.29. The molecule has 0 radical (unpaired) electrons. The van der Waals surface area contributed by atoms with Crippen molar-refractivity contribution in [2.75, 3.05) is 14.2 Å². The van der Waals surface area contributed by atoms with E-state index in [2.05, 4.69) is 4.98 Å². The maximum absolute atomic E-state index is 11.7. The number of rotatable bonds is 2. The molecule has 0 saturated carbocycles. The lowest BCUT2D eigenvalue weighted by molar-refractivity contribution is 0.0593. The van der Waals surface area contributed by atoms with Gasteiger partial charge in [0.1, 0.15) is 5.15 Å². The molecule has 1 aliphatic carbocycles. The third-order valence-electron chi connectivity index (χ3n) is 3.05. The van der Waals surface area contributed by atoms with Gasteiger partial charge in [0, 0.05) is 19.2 Å². The molecule has 4 nitrogen and oxygen atoms in total. The molecule has 5 heteroatoms. The maximum atomic E-state index is 11.7. The quantitative estimate of drug-likeness (QED) is 0.599. The molecular weight excluding hydrogens is 242 g/mol. The van der Waals surface area contributed by atoms with Gasteiger partial charge in [0.05, 0.1) is 18.8 Å². The molecule has 0 aliphatic heterocycles. The van der Waals surface area contributed by atoms with E-state index in [9.17, 15) is 4.79 Å². The number of aromatic nitrogens is 1. The number of ether oxygens (including phenoxy) is 2. The molecule has 92 valence electrons. The highest BCUT2D eigenvalue weighted by Crippen LogP contribution is 2.27. The van der Waals surface area contributed by atoms with Gasteiger partial charge in [-0.1, -0.05) is 11.6 Å². The molecular formula is C12H14ClNO3. The van der Waals surface area contributed by atoms with Crippen LogP contribution in [-0.4, -0.2) is 31.3 Å². The molecule has 1 heterocycles. The van der Waals surface area contributed by atoms with Gasteiger partial charge in [0.2, 0.25) is 0 Å². The number of carbonyl (C=O) groups is 1. The highest BCUT2D eigenvalue weighted by atomic mass is 35.5. The summed E-state index contributed by atoms with van der Waals surface area (Å²) in [6.07, 6.45) is 2.49. The van der Waals surface area contributed by atoms with Crippen LogP contribution in [0.25, 0.3) is 0 Å². The van der Waals surface area contributed by atoms with Crippen LogP contribution >= 0.6 is 11.6 Å². The lowest BCUT2D eigenvalue weighted by atomic mass is 9.90. The first-order chi connectivity index (χ1) is 8.15. The minimum Gasteiger partial charge on any atom is -0.465 e. The van der Waals surface area contributed by atoms with Crippen molar-refractivity contribution in [2.24, 2.45) is 0 Å². The summed E-state index contributed by atoms with van der Waals surface area (Å²) in [5.74, 6) is -0.373. The van der Waals surface area contributed by atoms with E-state index in [0.29, 0.717) is 17.1 Å². The molecule has 1 atom stereocenters.